The van der Waals surface area contributed by atoms with E-state index in [9.17, 15) is 4.79 Å². The van der Waals surface area contributed by atoms with E-state index in [4.69, 9.17) is 10.5 Å². The minimum Gasteiger partial charge on any atom is -0.463 e. The van der Waals surface area contributed by atoms with Crippen LogP contribution in [0, 0.1) is 0 Å². The van der Waals surface area contributed by atoms with E-state index in [0.29, 0.717) is 18.2 Å². The number of carbonyl (C=O) groups excluding carboxylic acids is 1. The summed E-state index contributed by atoms with van der Waals surface area (Å²) in [6.45, 7) is 2.16. The molecule has 0 fully saturated rings. The van der Waals surface area contributed by atoms with Gasteiger partial charge in [0.1, 0.15) is 19.0 Å². The van der Waals surface area contributed by atoms with Crippen LogP contribution in [0.2, 0.25) is 0 Å². The van der Waals surface area contributed by atoms with E-state index >= 15 is 0 Å². The fourth-order valence-corrected chi connectivity index (χ4v) is 0.892. The van der Waals surface area contributed by atoms with Gasteiger partial charge in [-0.2, -0.15) is 0 Å². The van der Waals surface area contributed by atoms with E-state index in [1.807, 2.05) is 0 Å². The lowest BCUT2D eigenvalue weighted by atomic mass is 10.5. The number of esters is 1. The van der Waals surface area contributed by atoms with Gasteiger partial charge in [-0.1, -0.05) is 0 Å². The van der Waals surface area contributed by atoms with Crippen molar-refractivity contribution < 1.29 is 14.3 Å². The van der Waals surface area contributed by atoms with Gasteiger partial charge in [0.15, 0.2) is 5.82 Å². The third kappa shape index (κ3) is 4.92. The zero-order valence-electron chi connectivity index (χ0n) is 8.47. The number of carbonyl (C=O) groups is 1. The third-order valence-electron chi connectivity index (χ3n) is 1.49. The molecule has 1 rings (SSSR count). The molecule has 1 heterocycles. The SMILES string of the molecule is CC(=O)OCCOCc1nccc(N)n1. The van der Waals surface area contributed by atoms with Crippen molar-refractivity contribution in [2.24, 2.45) is 0 Å². The monoisotopic (exact) mass is 211 g/mol. The van der Waals surface area contributed by atoms with Crippen LogP contribution in [0.1, 0.15) is 12.7 Å². The summed E-state index contributed by atoms with van der Waals surface area (Å²) in [4.78, 5) is 18.3. The van der Waals surface area contributed by atoms with Crippen LogP contribution in [0.3, 0.4) is 0 Å². The maximum atomic E-state index is 10.4. The second-order valence-corrected chi connectivity index (χ2v) is 2.79. The van der Waals surface area contributed by atoms with E-state index in [0.717, 1.165) is 0 Å². The van der Waals surface area contributed by atoms with Crippen molar-refractivity contribution in [3.63, 3.8) is 0 Å². The third-order valence-corrected chi connectivity index (χ3v) is 1.49. The predicted octanol–water partition coefficient (Wildman–Crippen LogP) is 0.138. The molecule has 0 aliphatic carbocycles. The Morgan fingerprint density at radius 2 is 2.33 bits per heavy atom. The Bertz CT molecular complexity index is 330. The summed E-state index contributed by atoms with van der Waals surface area (Å²) in [7, 11) is 0. The Labute approximate surface area is 87.4 Å². The molecular formula is C9H13N3O3. The van der Waals surface area contributed by atoms with Crippen molar-refractivity contribution in [1.82, 2.24) is 9.97 Å². The van der Waals surface area contributed by atoms with Crippen molar-refractivity contribution in [2.45, 2.75) is 13.5 Å². The summed E-state index contributed by atoms with van der Waals surface area (Å²) in [5.74, 6) is 0.597. The highest BCUT2D eigenvalue weighted by Crippen LogP contribution is 1.97. The smallest absolute Gasteiger partial charge is 0.302 e. The van der Waals surface area contributed by atoms with Gasteiger partial charge in [-0.05, 0) is 6.07 Å². The Morgan fingerprint density at radius 3 is 3.00 bits per heavy atom. The first-order chi connectivity index (χ1) is 7.18. The minimum absolute atomic E-state index is 0.234. The Balaban J connectivity index is 2.17. The first kappa shape index (κ1) is 11.4. The summed E-state index contributed by atoms with van der Waals surface area (Å²) in [5.41, 5.74) is 5.45. The van der Waals surface area contributed by atoms with Gasteiger partial charge >= 0.3 is 5.97 Å². The molecule has 0 amide bonds. The van der Waals surface area contributed by atoms with Gasteiger partial charge in [0.05, 0.1) is 6.61 Å². The number of nitrogen functional groups attached to an aromatic ring is 1. The normalized spacial score (nSPS) is 9.93. The number of ether oxygens (including phenoxy) is 2. The average molecular weight is 211 g/mol. The second-order valence-electron chi connectivity index (χ2n) is 2.79. The number of aromatic nitrogens is 2. The Kier molecular flexibility index (Phi) is 4.49. The van der Waals surface area contributed by atoms with Gasteiger partial charge in [0.2, 0.25) is 0 Å². The highest BCUT2D eigenvalue weighted by atomic mass is 16.6. The van der Waals surface area contributed by atoms with E-state index in [-0.39, 0.29) is 19.2 Å². The molecule has 0 saturated heterocycles. The van der Waals surface area contributed by atoms with Gasteiger partial charge in [-0.15, -0.1) is 0 Å². The van der Waals surface area contributed by atoms with Gasteiger partial charge in [0.25, 0.3) is 0 Å². The highest BCUT2D eigenvalue weighted by molar-refractivity contribution is 5.65. The molecule has 0 radical (unpaired) electrons. The van der Waals surface area contributed by atoms with Crippen LogP contribution in [0.4, 0.5) is 5.82 Å². The molecule has 0 atom stereocenters. The van der Waals surface area contributed by atoms with E-state index in [2.05, 4.69) is 14.7 Å². The summed E-state index contributed by atoms with van der Waals surface area (Å²) < 4.78 is 9.84. The van der Waals surface area contributed by atoms with Crippen molar-refractivity contribution >= 4 is 11.8 Å². The lowest BCUT2D eigenvalue weighted by molar-refractivity contribution is -0.142. The van der Waals surface area contributed by atoms with Crippen LogP contribution in [-0.4, -0.2) is 29.2 Å². The van der Waals surface area contributed by atoms with Crippen molar-refractivity contribution in [3.05, 3.63) is 18.1 Å². The number of hydrogen-bond donors (Lipinski definition) is 1. The largest absolute Gasteiger partial charge is 0.463 e. The van der Waals surface area contributed by atoms with Crippen molar-refractivity contribution in [2.75, 3.05) is 18.9 Å². The van der Waals surface area contributed by atoms with Crippen LogP contribution in [0.25, 0.3) is 0 Å². The maximum Gasteiger partial charge on any atom is 0.302 e. The molecule has 0 unspecified atom stereocenters. The van der Waals surface area contributed by atoms with Crippen LogP contribution < -0.4 is 5.73 Å². The maximum absolute atomic E-state index is 10.4. The van der Waals surface area contributed by atoms with E-state index < -0.39 is 0 Å². The number of nitrogens with zero attached hydrogens (tertiary/aromatic N) is 2. The summed E-state index contributed by atoms with van der Waals surface area (Å²) >= 11 is 0. The lowest BCUT2D eigenvalue weighted by Gasteiger charge is -2.03. The van der Waals surface area contributed by atoms with Crippen molar-refractivity contribution in [1.29, 1.82) is 0 Å². The lowest BCUT2D eigenvalue weighted by Crippen LogP contribution is -2.09. The molecule has 0 aliphatic rings. The van der Waals surface area contributed by atoms with Crippen LogP contribution in [0.15, 0.2) is 12.3 Å². The standard InChI is InChI=1S/C9H13N3O3/c1-7(13)15-5-4-14-6-9-11-3-2-8(10)12-9/h2-3H,4-6H2,1H3,(H2,10,11,12). The van der Waals surface area contributed by atoms with Gasteiger partial charge in [-0.3, -0.25) is 4.79 Å². The number of anilines is 1. The van der Waals surface area contributed by atoms with Crippen molar-refractivity contribution in [3.8, 4) is 0 Å². The predicted molar refractivity (Wildman–Crippen MR) is 52.7 cm³/mol. The van der Waals surface area contributed by atoms with Crippen LogP contribution in [0.5, 0.6) is 0 Å². The number of nitrogens with two attached hydrogens (primary N) is 1. The molecule has 0 spiro atoms. The fourth-order valence-electron chi connectivity index (χ4n) is 0.892. The van der Waals surface area contributed by atoms with Crippen LogP contribution >= 0.6 is 0 Å². The van der Waals surface area contributed by atoms with E-state index in [1.165, 1.54) is 6.92 Å². The van der Waals surface area contributed by atoms with Crippen LogP contribution in [-0.2, 0) is 20.9 Å². The fraction of sp³-hybridized carbons (Fsp3) is 0.444. The zero-order valence-corrected chi connectivity index (χ0v) is 8.47. The first-order valence-electron chi connectivity index (χ1n) is 4.47. The second kappa shape index (κ2) is 5.92. The summed E-state index contributed by atoms with van der Waals surface area (Å²) in [6.07, 6.45) is 1.56. The Morgan fingerprint density at radius 1 is 1.53 bits per heavy atom. The average Bonchev–Trinajstić information content (AvgIpc) is 2.17. The highest BCUT2D eigenvalue weighted by Gasteiger charge is 1.97. The quantitative estimate of drug-likeness (QED) is 0.550. The minimum atomic E-state index is -0.321. The molecule has 2 N–H and O–H groups in total. The molecule has 1 aromatic rings. The summed E-state index contributed by atoms with van der Waals surface area (Å²) in [6, 6.07) is 1.60. The number of hydrogen-bond acceptors (Lipinski definition) is 6. The summed E-state index contributed by atoms with van der Waals surface area (Å²) in [5, 5.41) is 0. The molecule has 0 saturated carbocycles. The molecule has 6 nitrogen and oxygen atoms in total. The molecular weight excluding hydrogens is 198 g/mol. The van der Waals surface area contributed by atoms with E-state index in [1.54, 1.807) is 12.3 Å². The molecule has 0 bridgehead atoms. The topological polar surface area (TPSA) is 87.3 Å². The van der Waals surface area contributed by atoms with Gasteiger partial charge < -0.3 is 15.2 Å². The molecule has 1 aromatic heterocycles. The van der Waals surface area contributed by atoms with Gasteiger partial charge in [0, 0.05) is 13.1 Å². The molecule has 6 heteroatoms. The molecule has 15 heavy (non-hydrogen) atoms. The molecule has 82 valence electrons. The molecule has 0 aromatic carbocycles. The zero-order chi connectivity index (χ0) is 11.1. The number of rotatable bonds is 5. The van der Waals surface area contributed by atoms with Gasteiger partial charge in [-0.25, -0.2) is 9.97 Å². The Hall–Kier alpha value is -1.69. The molecule has 0 aliphatic heterocycles. The first-order valence-corrected chi connectivity index (χ1v) is 4.47.